The molecule has 1 aromatic rings. The van der Waals surface area contributed by atoms with E-state index in [2.05, 4.69) is 12.1 Å². The Morgan fingerprint density at radius 2 is 1.68 bits per heavy atom. The Kier molecular flexibility index (Phi) is 9.92. The van der Waals surface area contributed by atoms with Crippen molar-refractivity contribution in [2.24, 2.45) is 5.16 Å². The van der Waals surface area contributed by atoms with Gasteiger partial charge in [-0.3, -0.25) is 0 Å². The van der Waals surface area contributed by atoms with E-state index in [1.807, 2.05) is 25.1 Å². The molecular weight excluding hydrogens is 278 g/mol. The number of nitrogens with zero attached hydrogens (tertiary/aromatic N) is 1. The number of benzene rings is 1. The minimum Gasteiger partial charge on any atom is -0.490 e. The van der Waals surface area contributed by atoms with E-state index in [4.69, 9.17) is 14.7 Å². The lowest BCUT2D eigenvalue weighted by molar-refractivity contribution is 0.270. The van der Waals surface area contributed by atoms with Crippen molar-refractivity contribution in [2.45, 2.75) is 58.8 Å². The quantitative estimate of drug-likeness (QED) is 0.255. The fourth-order valence-corrected chi connectivity index (χ4v) is 2.30. The fourth-order valence-electron chi connectivity index (χ4n) is 2.30. The van der Waals surface area contributed by atoms with Crippen LogP contribution in [0.1, 0.15) is 64.4 Å². The van der Waals surface area contributed by atoms with Crippen molar-refractivity contribution in [2.75, 3.05) is 13.2 Å². The number of hydrogen-bond donors (Lipinski definition) is 1. The van der Waals surface area contributed by atoms with E-state index >= 15 is 0 Å². The number of ether oxygens (including phenoxy) is 2. The van der Waals surface area contributed by atoms with E-state index in [9.17, 15) is 0 Å². The van der Waals surface area contributed by atoms with Gasteiger partial charge in [0, 0.05) is 5.56 Å². The Labute approximate surface area is 134 Å². The van der Waals surface area contributed by atoms with Crippen LogP contribution in [0.25, 0.3) is 0 Å². The van der Waals surface area contributed by atoms with Gasteiger partial charge in [-0.15, -0.1) is 0 Å². The van der Waals surface area contributed by atoms with Gasteiger partial charge >= 0.3 is 0 Å². The zero-order valence-corrected chi connectivity index (χ0v) is 13.9. The standard InChI is InChI=1S/C18H29NO3/c1-3-5-6-7-8-9-10-13-22-17-12-11-16(15-19-20)14-18(17)21-4-2/h11-12,14-15,20H,3-10,13H2,1-2H3/b19-15-. The molecule has 0 spiro atoms. The topological polar surface area (TPSA) is 51.0 Å². The Balaban J connectivity index is 2.35. The van der Waals surface area contributed by atoms with Crippen LogP contribution in [-0.4, -0.2) is 24.6 Å². The first-order chi connectivity index (χ1) is 10.8. The largest absolute Gasteiger partial charge is 0.490 e. The molecule has 0 atom stereocenters. The summed E-state index contributed by atoms with van der Waals surface area (Å²) in [5.74, 6) is 1.45. The van der Waals surface area contributed by atoms with Crippen LogP contribution >= 0.6 is 0 Å². The molecular formula is C18H29NO3. The molecule has 0 fully saturated rings. The van der Waals surface area contributed by atoms with Gasteiger partial charge in [0.15, 0.2) is 11.5 Å². The Morgan fingerprint density at radius 1 is 0.955 bits per heavy atom. The van der Waals surface area contributed by atoms with Crippen LogP contribution in [0.2, 0.25) is 0 Å². The van der Waals surface area contributed by atoms with Crippen molar-refractivity contribution in [1.29, 1.82) is 0 Å². The normalized spacial score (nSPS) is 11.0. The summed E-state index contributed by atoms with van der Waals surface area (Å²) in [5.41, 5.74) is 0.786. The lowest BCUT2D eigenvalue weighted by Gasteiger charge is -2.12. The minimum absolute atomic E-state index is 0.577. The van der Waals surface area contributed by atoms with Gasteiger partial charge in [-0.05, 0) is 31.5 Å². The summed E-state index contributed by atoms with van der Waals surface area (Å²) in [6.45, 7) is 5.46. The summed E-state index contributed by atoms with van der Waals surface area (Å²) in [6, 6.07) is 5.54. The smallest absolute Gasteiger partial charge is 0.161 e. The molecule has 0 aromatic heterocycles. The van der Waals surface area contributed by atoms with E-state index in [1.165, 1.54) is 44.7 Å². The number of unbranched alkanes of at least 4 members (excludes halogenated alkanes) is 6. The predicted octanol–water partition coefficient (Wildman–Crippen LogP) is 5.02. The molecule has 0 radical (unpaired) electrons. The van der Waals surface area contributed by atoms with E-state index in [-0.39, 0.29) is 0 Å². The summed E-state index contributed by atoms with van der Waals surface area (Å²) in [4.78, 5) is 0. The van der Waals surface area contributed by atoms with Crippen molar-refractivity contribution >= 4 is 6.21 Å². The molecule has 0 bridgehead atoms. The van der Waals surface area contributed by atoms with Gasteiger partial charge in [0.05, 0.1) is 19.4 Å². The molecule has 0 aliphatic rings. The Hall–Kier alpha value is -1.71. The van der Waals surface area contributed by atoms with Gasteiger partial charge in [-0.1, -0.05) is 50.6 Å². The second-order valence-corrected chi connectivity index (χ2v) is 5.35. The third-order valence-corrected chi connectivity index (χ3v) is 3.48. The Bertz CT molecular complexity index is 432. The van der Waals surface area contributed by atoms with Crippen molar-refractivity contribution in [3.63, 3.8) is 0 Å². The zero-order chi connectivity index (χ0) is 16.0. The van der Waals surface area contributed by atoms with Crippen molar-refractivity contribution in [3.8, 4) is 11.5 Å². The average Bonchev–Trinajstić information content (AvgIpc) is 2.52. The molecule has 22 heavy (non-hydrogen) atoms. The summed E-state index contributed by atoms with van der Waals surface area (Å²) in [6.07, 6.45) is 10.3. The van der Waals surface area contributed by atoms with Crippen LogP contribution in [0.15, 0.2) is 23.4 Å². The lowest BCUT2D eigenvalue weighted by atomic mass is 10.1. The van der Waals surface area contributed by atoms with E-state index in [0.717, 1.165) is 17.7 Å². The summed E-state index contributed by atoms with van der Waals surface area (Å²) in [7, 11) is 0. The average molecular weight is 307 g/mol. The molecule has 0 aliphatic heterocycles. The van der Waals surface area contributed by atoms with Gasteiger partial charge in [0.2, 0.25) is 0 Å². The van der Waals surface area contributed by atoms with Crippen molar-refractivity contribution in [3.05, 3.63) is 23.8 Å². The molecule has 1 aromatic carbocycles. The predicted molar refractivity (Wildman–Crippen MR) is 90.5 cm³/mol. The van der Waals surface area contributed by atoms with Crippen LogP contribution in [0.4, 0.5) is 0 Å². The highest BCUT2D eigenvalue weighted by atomic mass is 16.5. The molecule has 1 N–H and O–H groups in total. The van der Waals surface area contributed by atoms with Crippen molar-refractivity contribution in [1.82, 2.24) is 0 Å². The minimum atomic E-state index is 0.577. The third-order valence-electron chi connectivity index (χ3n) is 3.48. The van der Waals surface area contributed by atoms with Crippen molar-refractivity contribution < 1.29 is 14.7 Å². The maximum absolute atomic E-state index is 8.58. The van der Waals surface area contributed by atoms with E-state index in [0.29, 0.717) is 19.0 Å². The number of hydrogen-bond acceptors (Lipinski definition) is 4. The van der Waals surface area contributed by atoms with E-state index < -0.39 is 0 Å². The van der Waals surface area contributed by atoms with Crippen LogP contribution < -0.4 is 9.47 Å². The maximum atomic E-state index is 8.58. The highest BCUT2D eigenvalue weighted by Gasteiger charge is 2.06. The molecule has 0 unspecified atom stereocenters. The second-order valence-electron chi connectivity index (χ2n) is 5.35. The van der Waals surface area contributed by atoms with Gasteiger partial charge < -0.3 is 14.7 Å². The zero-order valence-electron chi connectivity index (χ0n) is 13.9. The van der Waals surface area contributed by atoms with Gasteiger partial charge in [0.25, 0.3) is 0 Å². The summed E-state index contributed by atoms with van der Waals surface area (Å²) >= 11 is 0. The first-order valence-corrected chi connectivity index (χ1v) is 8.38. The molecule has 0 saturated heterocycles. The molecule has 0 aliphatic carbocycles. The lowest BCUT2D eigenvalue weighted by Crippen LogP contribution is -2.01. The first-order valence-electron chi connectivity index (χ1n) is 8.38. The van der Waals surface area contributed by atoms with Crippen LogP contribution in [0.3, 0.4) is 0 Å². The number of oxime groups is 1. The van der Waals surface area contributed by atoms with Gasteiger partial charge in [0.1, 0.15) is 0 Å². The van der Waals surface area contributed by atoms with E-state index in [1.54, 1.807) is 0 Å². The highest BCUT2D eigenvalue weighted by Crippen LogP contribution is 2.28. The van der Waals surface area contributed by atoms with Gasteiger partial charge in [-0.2, -0.15) is 0 Å². The van der Waals surface area contributed by atoms with Crippen LogP contribution in [0, 0.1) is 0 Å². The molecule has 4 nitrogen and oxygen atoms in total. The summed E-state index contributed by atoms with van der Waals surface area (Å²) < 4.78 is 11.4. The van der Waals surface area contributed by atoms with Crippen LogP contribution in [-0.2, 0) is 0 Å². The molecule has 0 heterocycles. The molecule has 0 amide bonds. The molecule has 124 valence electrons. The third kappa shape index (κ3) is 7.34. The summed E-state index contributed by atoms with van der Waals surface area (Å²) in [5, 5.41) is 11.6. The van der Waals surface area contributed by atoms with Crippen LogP contribution in [0.5, 0.6) is 11.5 Å². The molecule has 0 saturated carbocycles. The molecule has 1 rings (SSSR count). The first kappa shape index (κ1) is 18.3. The van der Waals surface area contributed by atoms with Gasteiger partial charge in [-0.25, -0.2) is 0 Å². The molecule has 4 heteroatoms. The maximum Gasteiger partial charge on any atom is 0.161 e. The monoisotopic (exact) mass is 307 g/mol. The highest BCUT2D eigenvalue weighted by molar-refractivity contribution is 5.80. The Morgan fingerprint density at radius 3 is 2.36 bits per heavy atom. The number of rotatable bonds is 12. The SMILES string of the molecule is CCCCCCCCCOc1ccc(/C=N\O)cc1OCC. The second kappa shape index (κ2) is 11.9. The fraction of sp³-hybridized carbons (Fsp3) is 0.611.